The van der Waals surface area contributed by atoms with Crippen molar-refractivity contribution in [3.05, 3.63) is 79.3 Å². The molecular formula is C27H26N6O3. The summed E-state index contributed by atoms with van der Waals surface area (Å²) >= 11 is 0. The van der Waals surface area contributed by atoms with Crippen LogP contribution >= 0.6 is 0 Å². The van der Waals surface area contributed by atoms with E-state index in [0.29, 0.717) is 48.6 Å². The molecule has 9 nitrogen and oxygen atoms in total. The van der Waals surface area contributed by atoms with Crippen LogP contribution in [0.3, 0.4) is 0 Å². The number of carbonyl (C=O) groups is 1. The Labute approximate surface area is 209 Å². The largest absolute Gasteiger partial charge is 0.489 e. The first kappa shape index (κ1) is 23.3. The number of amides is 1. The topological polar surface area (TPSA) is 92.7 Å². The van der Waals surface area contributed by atoms with E-state index in [0.717, 1.165) is 16.6 Å². The summed E-state index contributed by atoms with van der Waals surface area (Å²) in [5.41, 5.74) is 2.24. The lowest BCUT2D eigenvalue weighted by Gasteiger charge is -2.30. The number of hydrogen-bond acceptors (Lipinski definition) is 8. The third-order valence-corrected chi connectivity index (χ3v) is 5.56. The summed E-state index contributed by atoms with van der Waals surface area (Å²) in [7, 11) is 3.92. The monoisotopic (exact) mass is 482 g/mol. The van der Waals surface area contributed by atoms with Crippen molar-refractivity contribution >= 4 is 34.0 Å². The van der Waals surface area contributed by atoms with Crippen LogP contribution < -0.4 is 19.7 Å². The van der Waals surface area contributed by atoms with Gasteiger partial charge in [0.15, 0.2) is 5.75 Å². The first-order valence-corrected chi connectivity index (χ1v) is 11.6. The van der Waals surface area contributed by atoms with Gasteiger partial charge in [-0.05, 0) is 56.6 Å². The standard InChI is InChI=1S/C27H26N6O3/c1-32(2)15-5-7-24(34)33-16-17-35-26-22(33)13-12-21-25(26)27(30-18-29-21)31-19-8-10-20(11-9-19)36-23-6-3-4-14-28-23/h3-14,18H,15-17H2,1-2H3,(H,29,30,31)/b7-5+. The Morgan fingerprint density at radius 1 is 1.11 bits per heavy atom. The average molecular weight is 483 g/mol. The minimum Gasteiger partial charge on any atom is -0.489 e. The molecule has 1 amide bonds. The molecule has 0 spiro atoms. The number of ether oxygens (including phenoxy) is 2. The molecule has 0 unspecified atom stereocenters. The zero-order valence-electron chi connectivity index (χ0n) is 20.1. The highest BCUT2D eigenvalue weighted by molar-refractivity contribution is 6.07. The molecule has 1 aliphatic rings. The van der Waals surface area contributed by atoms with Crippen molar-refractivity contribution in [1.29, 1.82) is 0 Å². The van der Waals surface area contributed by atoms with E-state index >= 15 is 0 Å². The third kappa shape index (κ3) is 5.11. The van der Waals surface area contributed by atoms with Crippen LogP contribution in [-0.2, 0) is 4.79 Å². The number of benzene rings is 2. The second-order valence-corrected chi connectivity index (χ2v) is 8.45. The van der Waals surface area contributed by atoms with E-state index in [9.17, 15) is 4.79 Å². The van der Waals surface area contributed by atoms with Gasteiger partial charge in [-0.15, -0.1) is 0 Å². The van der Waals surface area contributed by atoms with Gasteiger partial charge in [0.2, 0.25) is 5.88 Å². The molecule has 5 rings (SSSR count). The zero-order chi connectivity index (χ0) is 24.9. The Morgan fingerprint density at radius 2 is 1.97 bits per heavy atom. The lowest BCUT2D eigenvalue weighted by Crippen LogP contribution is -2.37. The van der Waals surface area contributed by atoms with Gasteiger partial charge < -0.3 is 24.6 Å². The van der Waals surface area contributed by atoms with Crippen molar-refractivity contribution in [1.82, 2.24) is 19.9 Å². The second kappa shape index (κ2) is 10.4. The summed E-state index contributed by atoms with van der Waals surface area (Å²) in [6.07, 6.45) is 6.65. The molecule has 0 saturated carbocycles. The smallest absolute Gasteiger partial charge is 0.250 e. The SMILES string of the molecule is CN(C)C/C=C/C(=O)N1CCOc2c1ccc1ncnc(Nc3ccc(Oc4ccccn4)cc3)c21. The summed E-state index contributed by atoms with van der Waals surface area (Å²) in [5, 5.41) is 4.07. The fourth-order valence-corrected chi connectivity index (χ4v) is 3.88. The van der Waals surface area contributed by atoms with E-state index in [-0.39, 0.29) is 5.91 Å². The molecule has 1 N–H and O–H groups in total. The minimum absolute atomic E-state index is 0.0874. The molecule has 0 atom stereocenters. The first-order chi connectivity index (χ1) is 17.6. The molecular weight excluding hydrogens is 456 g/mol. The van der Waals surface area contributed by atoms with E-state index < -0.39 is 0 Å². The van der Waals surface area contributed by atoms with Crippen LogP contribution in [0, 0.1) is 0 Å². The van der Waals surface area contributed by atoms with Gasteiger partial charge in [0.25, 0.3) is 5.91 Å². The van der Waals surface area contributed by atoms with Gasteiger partial charge in [-0.2, -0.15) is 0 Å². The zero-order valence-corrected chi connectivity index (χ0v) is 20.1. The molecule has 36 heavy (non-hydrogen) atoms. The van der Waals surface area contributed by atoms with Crippen LogP contribution in [0.25, 0.3) is 10.9 Å². The number of likely N-dealkylation sites (N-methyl/N-ethyl adjacent to an activating group) is 1. The molecule has 9 heteroatoms. The molecule has 0 aliphatic carbocycles. The normalized spacial score (nSPS) is 13.0. The maximum absolute atomic E-state index is 12.9. The van der Waals surface area contributed by atoms with Gasteiger partial charge in [0.05, 0.1) is 23.1 Å². The van der Waals surface area contributed by atoms with Crippen LogP contribution in [0.4, 0.5) is 17.2 Å². The molecule has 3 heterocycles. The maximum atomic E-state index is 12.9. The van der Waals surface area contributed by atoms with E-state index in [4.69, 9.17) is 9.47 Å². The first-order valence-electron chi connectivity index (χ1n) is 11.6. The number of anilines is 3. The number of pyridine rings is 1. The van der Waals surface area contributed by atoms with Crippen LogP contribution in [0.1, 0.15) is 0 Å². The molecule has 2 aromatic carbocycles. The predicted molar refractivity (Wildman–Crippen MR) is 139 cm³/mol. The fourth-order valence-electron chi connectivity index (χ4n) is 3.88. The van der Waals surface area contributed by atoms with Gasteiger partial charge in [-0.25, -0.2) is 15.0 Å². The quantitative estimate of drug-likeness (QED) is 0.388. The highest BCUT2D eigenvalue weighted by Crippen LogP contribution is 2.41. The third-order valence-electron chi connectivity index (χ3n) is 5.56. The number of carbonyl (C=O) groups excluding carboxylic acids is 1. The molecule has 0 saturated heterocycles. The molecule has 0 bridgehead atoms. The average Bonchev–Trinajstić information content (AvgIpc) is 2.89. The molecule has 1 aliphatic heterocycles. The van der Waals surface area contributed by atoms with Gasteiger partial charge in [0.1, 0.15) is 24.5 Å². The number of rotatable bonds is 7. The van der Waals surface area contributed by atoms with Crippen molar-refractivity contribution in [2.45, 2.75) is 0 Å². The van der Waals surface area contributed by atoms with Crippen molar-refractivity contribution in [3.63, 3.8) is 0 Å². The second-order valence-electron chi connectivity index (χ2n) is 8.45. The van der Waals surface area contributed by atoms with Crippen LogP contribution in [0.2, 0.25) is 0 Å². The maximum Gasteiger partial charge on any atom is 0.250 e. The van der Waals surface area contributed by atoms with E-state index in [1.807, 2.05) is 73.6 Å². The highest BCUT2D eigenvalue weighted by Gasteiger charge is 2.26. The summed E-state index contributed by atoms with van der Waals surface area (Å²) in [6.45, 7) is 1.54. The van der Waals surface area contributed by atoms with Crippen molar-refractivity contribution in [2.24, 2.45) is 0 Å². The van der Waals surface area contributed by atoms with Crippen LogP contribution in [0.5, 0.6) is 17.4 Å². The van der Waals surface area contributed by atoms with Gasteiger partial charge in [-0.1, -0.05) is 12.1 Å². The Hall–Kier alpha value is -4.50. The number of fused-ring (bicyclic) bond motifs is 3. The highest BCUT2D eigenvalue weighted by atomic mass is 16.5. The summed E-state index contributed by atoms with van der Waals surface area (Å²) < 4.78 is 11.8. The van der Waals surface area contributed by atoms with Gasteiger partial charge in [0, 0.05) is 30.6 Å². The molecule has 0 fully saturated rings. The van der Waals surface area contributed by atoms with E-state index in [1.165, 1.54) is 6.33 Å². The lowest BCUT2D eigenvalue weighted by molar-refractivity contribution is -0.114. The fraction of sp³-hybridized carbons (Fsp3) is 0.185. The van der Waals surface area contributed by atoms with Crippen molar-refractivity contribution < 1.29 is 14.3 Å². The molecule has 182 valence electrons. The van der Waals surface area contributed by atoms with E-state index in [1.54, 1.807) is 23.2 Å². The molecule has 0 radical (unpaired) electrons. The Bertz CT molecular complexity index is 1390. The number of aromatic nitrogens is 3. The Kier molecular flexibility index (Phi) is 6.72. The van der Waals surface area contributed by atoms with Crippen molar-refractivity contribution in [2.75, 3.05) is 44.0 Å². The summed E-state index contributed by atoms with van der Waals surface area (Å²) in [4.78, 5) is 29.7. The Morgan fingerprint density at radius 3 is 2.75 bits per heavy atom. The minimum atomic E-state index is -0.0874. The van der Waals surface area contributed by atoms with Crippen LogP contribution in [-0.4, -0.2) is 59.6 Å². The molecule has 4 aromatic rings. The van der Waals surface area contributed by atoms with Crippen LogP contribution in [0.15, 0.2) is 79.3 Å². The lowest BCUT2D eigenvalue weighted by atomic mass is 10.1. The number of hydrogen-bond donors (Lipinski definition) is 1. The summed E-state index contributed by atoms with van der Waals surface area (Å²) in [6, 6.07) is 16.8. The van der Waals surface area contributed by atoms with Gasteiger partial charge >= 0.3 is 0 Å². The Balaban J connectivity index is 1.42. The summed E-state index contributed by atoms with van der Waals surface area (Å²) in [5.74, 6) is 2.29. The molecule has 2 aromatic heterocycles. The van der Waals surface area contributed by atoms with Gasteiger partial charge in [-0.3, -0.25) is 4.79 Å². The van der Waals surface area contributed by atoms with Crippen molar-refractivity contribution in [3.8, 4) is 17.4 Å². The number of nitrogens with one attached hydrogen (secondary N) is 1. The number of nitrogens with zero attached hydrogens (tertiary/aromatic N) is 5. The van der Waals surface area contributed by atoms with E-state index in [2.05, 4.69) is 20.3 Å². The predicted octanol–water partition coefficient (Wildman–Crippen LogP) is 4.40.